The van der Waals surface area contributed by atoms with E-state index < -0.39 is 0 Å². The fraction of sp³-hybridized carbons (Fsp3) is 0.286. The van der Waals surface area contributed by atoms with Crippen molar-refractivity contribution >= 4 is 44.5 Å². The van der Waals surface area contributed by atoms with Crippen molar-refractivity contribution in [2.45, 2.75) is 6.54 Å². The highest BCUT2D eigenvalue weighted by Crippen LogP contribution is 2.42. The molecule has 3 rings (SSSR count). The second-order valence-corrected chi connectivity index (χ2v) is 6.01. The van der Waals surface area contributed by atoms with Gasteiger partial charge in [-0.15, -0.1) is 0 Å². The minimum Gasteiger partial charge on any atom is -0.492 e. The predicted octanol–water partition coefficient (Wildman–Crippen LogP) is 2.29. The van der Waals surface area contributed by atoms with E-state index in [9.17, 15) is 0 Å². The van der Waals surface area contributed by atoms with E-state index in [0.717, 1.165) is 0 Å². The van der Waals surface area contributed by atoms with Gasteiger partial charge in [0.05, 0.1) is 49.6 Å². The number of pyridine rings is 1. The number of nitrogens with zero attached hydrogens (tertiary/aromatic N) is 5. The fourth-order valence-electron chi connectivity index (χ4n) is 2.35. The Kier molecular flexibility index (Phi) is 4.82. The number of rotatable bonds is 5. The minimum absolute atomic E-state index is 0.0659. The van der Waals surface area contributed by atoms with Gasteiger partial charge in [0, 0.05) is 0 Å². The van der Waals surface area contributed by atoms with Crippen molar-refractivity contribution in [2.24, 2.45) is 0 Å². The second-order valence-electron chi connectivity index (χ2n) is 4.86. The molecular weight excluding hydrogens is 416 g/mol. The van der Waals surface area contributed by atoms with Gasteiger partial charge in [-0.3, -0.25) is 0 Å². The van der Waals surface area contributed by atoms with E-state index in [1.165, 1.54) is 21.3 Å². The van der Waals surface area contributed by atoms with Crippen molar-refractivity contribution < 1.29 is 14.2 Å². The lowest BCUT2D eigenvalue weighted by Gasteiger charge is -2.15. The summed E-state index contributed by atoms with van der Waals surface area (Å²) in [4.78, 5) is 12.6. The maximum atomic E-state index is 6.08. The van der Waals surface area contributed by atoms with E-state index in [-0.39, 0.29) is 17.6 Å². The molecule has 0 aromatic carbocycles. The van der Waals surface area contributed by atoms with Gasteiger partial charge in [0.15, 0.2) is 11.4 Å². The third-order valence-corrected chi connectivity index (χ3v) is 4.56. The van der Waals surface area contributed by atoms with E-state index in [2.05, 4.69) is 36.0 Å². The molecule has 0 bridgehead atoms. The van der Waals surface area contributed by atoms with Crippen LogP contribution in [-0.4, -0.2) is 46.1 Å². The Morgan fingerprint density at radius 3 is 2.48 bits per heavy atom. The Hall–Kier alpha value is -2.33. The quantitative estimate of drug-likeness (QED) is 0.615. The zero-order chi connectivity index (χ0) is 18.1. The molecule has 0 spiro atoms. The number of nitrogen functional groups attached to an aromatic ring is 1. The van der Waals surface area contributed by atoms with Gasteiger partial charge in [-0.1, -0.05) is 11.6 Å². The van der Waals surface area contributed by atoms with Crippen LogP contribution in [0.5, 0.6) is 17.4 Å². The van der Waals surface area contributed by atoms with Crippen molar-refractivity contribution in [2.75, 3.05) is 27.1 Å². The molecule has 0 saturated heterocycles. The number of methoxy groups -OCH3 is 3. The molecule has 0 aliphatic rings. The highest BCUT2D eigenvalue weighted by molar-refractivity contribution is 9.10. The molecule has 0 fully saturated rings. The SMILES string of the molecule is COc1nc(Cn2ncc3c(Cl)nc(N)nc32)c(Br)c(OC)c1OC. The number of hydrogen-bond acceptors (Lipinski definition) is 8. The Morgan fingerprint density at radius 1 is 1.12 bits per heavy atom. The molecule has 3 aromatic rings. The summed E-state index contributed by atoms with van der Waals surface area (Å²) in [7, 11) is 4.54. The molecule has 0 saturated carbocycles. The Bertz CT molecular complexity index is 948. The number of fused-ring (bicyclic) bond motifs is 1. The first-order valence-electron chi connectivity index (χ1n) is 6.99. The third kappa shape index (κ3) is 3.02. The molecule has 132 valence electrons. The summed E-state index contributed by atoms with van der Waals surface area (Å²) in [5.74, 6) is 1.21. The lowest BCUT2D eigenvalue weighted by molar-refractivity contribution is 0.312. The minimum atomic E-state index is 0.0659. The van der Waals surface area contributed by atoms with Gasteiger partial charge in [-0.05, 0) is 15.9 Å². The Balaban J connectivity index is 2.12. The van der Waals surface area contributed by atoms with Crippen molar-refractivity contribution in [3.05, 3.63) is 21.5 Å². The summed E-state index contributed by atoms with van der Waals surface area (Å²) in [6.45, 7) is 0.271. The largest absolute Gasteiger partial charge is 0.492 e. The smallest absolute Gasteiger partial charge is 0.261 e. The summed E-state index contributed by atoms with van der Waals surface area (Å²) in [5, 5.41) is 5.13. The fourth-order valence-corrected chi connectivity index (χ4v) is 3.13. The average Bonchev–Trinajstić information content (AvgIpc) is 2.99. The predicted molar refractivity (Wildman–Crippen MR) is 95.4 cm³/mol. The van der Waals surface area contributed by atoms with E-state index in [1.807, 2.05) is 0 Å². The van der Waals surface area contributed by atoms with E-state index in [0.29, 0.717) is 38.6 Å². The highest BCUT2D eigenvalue weighted by atomic mass is 79.9. The Morgan fingerprint density at radius 2 is 1.84 bits per heavy atom. The van der Waals surface area contributed by atoms with Crippen LogP contribution >= 0.6 is 27.5 Å². The van der Waals surface area contributed by atoms with Crippen LogP contribution in [0.15, 0.2) is 10.7 Å². The van der Waals surface area contributed by atoms with Gasteiger partial charge in [0.1, 0.15) is 5.15 Å². The molecule has 0 aliphatic carbocycles. The van der Waals surface area contributed by atoms with Crippen LogP contribution in [0.25, 0.3) is 11.0 Å². The highest BCUT2D eigenvalue weighted by Gasteiger charge is 2.22. The number of hydrogen-bond donors (Lipinski definition) is 1. The topological polar surface area (TPSA) is 110 Å². The lowest BCUT2D eigenvalue weighted by Crippen LogP contribution is -2.09. The first kappa shape index (κ1) is 17.5. The van der Waals surface area contributed by atoms with Crippen molar-refractivity contribution in [3.63, 3.8) is 0 Å². The number of nitrogens with two attached hydrogens (primary N) is 1. The number of aromatic nitrogens is 5. The van der Waals surface area contributed by atoms with Crippen molar-refractivity contribution in [3.8, 4) is 17.4 Å². The molecular formula is C14H14BrClN6O3. The maximum absolute atomic E-state index is 6.08. The normalized spacial score (nSPS) is 10.9. The zero-order valence-corrected chi connectivity index (χ0v) is 15.9. The van der Waals surface area contributed by atoms with E-state index >= 15 is 0 Å². The lowest BCUT2D eigenvalue weighted by atomic mass is 10.3. The summed E-state index contributed by atoms with van der Waals surface area (Å²) < 4.78 is 18.2. The van der Waals surface area contributed by atoms with Crippen LogP contribution in [0.2, 0.25) is 5.15 Å². The number of halogens is 2. The van der Waals surface area contributed by atoms with Gasteiger partial charge >= 0.3 is 0 Å². The van der Waals surface area contributed by atoms with Gasteiger partial charge < -0.3 is 19.9 Å². The standard InChI is InChI=1S/C14H14BrClN6O3/c1-23-9-8(15)7(19-13(25-3)10(9)24-2)5-22-12-6(4-18-22)11(16)20-14(17)21-12/h4H,5H2,1-3H3,(H2,17,20,21). The number of anilines is 1. The molecule has 0 unspecified atom stereocenters. The molecule has 2 N–H and O–H groups in total. The molecule has 3 heterocycles. The molecule has 11 heteroatoms. The van der Waals surface area contributed by atoms with Crippen molar-refractivity contribution in [1.29, 1.82) is 0 Å². The average molecular weight is 430 g/mol. The molecule has 3 aromatic heterocycles. The molecule has 0 amide bonds. The third-order valence-electron chi connectivity index (χ3n) is 3.46. The van der Waals surface area contributed by atoms with E-state index in [4.69, 9.17) is 31.5 Å². The maximum Gasteiger partial charge on any atom is 0.261 e. The van der Waals surface area contributed by atoms with Crippen LogP contribution in [-0.2, 0) is 6.54 Å². The number of ether oxygens (including phenoxy) is 3. The summed E-state index contributed by atoms with van der Waals surface area (Å²) in [6, 6.07) is 0. The molecule has 9 nitrogen and oxygen atoms in total. The van der Waals surface area contributed by atoms with Crippen LogP contribution < -0.4 is 19.9 Å². The second kappa shape index (κ2) is 6.89. The Labute approximate surface area is 156 Å². The summed E-state index contributed by atoms with van der Waals surface area (Å²) in [6.07, 6.45) is 1.57. The molecule has 25 heavy (non-hydrogen) atoms. The summed E-state index contributed by atoms with van der Waals surface area (Å²) >= 11 is 9.57. The summed E-state index contributed by atoms with van der Waals surface area (Å²) in [5.41, 5.74) is 6.78. The van der Waals surface area contributed by atoms with Crippen LogP contribution in [0, 0.1) is 0 Å². The van der Waals surface area contributed by atoms with Gasteiger partial charge in [0.25, 0.3) is 5.88 Å². The first-order valence-corrected chi connectivity index (χ1v) is 8.16. The van der Waals surface area contributed by atoms with Gasteiger partial charge in [-0.25, -0.2) is 14.6 Å². The van der Waals surface area contributed by atoms with Crippen LogP contribution in [0.4, 0.5) is 5.95 Å². The molecule has 0 radical (unpaired) electrons. The van der Waals surface area contributed by atoms with Crippen LogP contribution in [0.1, 0.15) is 5.69 Å². The van der Waals surface area contributed by atoms with E-state index in [1.54, 1.807) is 10.9 Å². The van der Waals surface area contributed by atoms with Gasteiger partial charge in [-0.2, -0.15) is 10.1 Å². The molecule has 0 aliphatic heterocycles. The molecule has 0 atom stereocenters. The first-order chi connectivity index (χ1) is 12.0. The van der Waals surface area contributed by atoms with Crippen molar-refractivity contribution in [1.82, 2.24) is 24.7 Å². The van der Waals surface area contributed by atoms with Crippen LogP contribution in [0.3, 0.4) is 0 Å². The monoisotopic (exact) mass is 428 g/mol. The zero-order valence-electron chi connectivity index (χ0n) is 13.6. The van der Waals surface area contributed by atoms with Gasteiger partial charge in [0.2, 0.25) is 11.7 Å².